The first-order valence-corrected chi connectivity index (χ1v) is 12.4. The summed E-state index contributed by atoms with van der Waals surface area (Å²) < 4.78 is 0. The molecule has 3 rings (SSSR count). The summed E-state index contributed by atoms with van der Waals surface area (Å²) in [5.41, 5.74) is 3.69. The van der Waals surface area contributed by atoms with E-state index in [-0.39, 0.29) is 11.7 Å². The van der Waals surface area contributed by atoms with Crippen molar-refractivity contribution < 1.29 is 20.1 Å². The molecule has 1 amide bonds. The lowest BCUT2D eigenvalue weighted by Gasteiger charge is -2.19. The van der Waals surface area contributed by atoms with Crippen LogP contribution in [0.3, 0.4) is 0 Å². The van der Waals surface area contributed by atoms with Crippen LogP contribution in [-0.2, 0) is 11.2 Å². The Labute approximate surface area is 222 Å². The van der Waals surface area contributed by atoms with E-state index in [1.165, 1.54) is 0 Å². The van der Waals surface area contributed by atoms with Gasteiger partial charge in [0.1, 0.15) is 17.2 Å². The van der Waals surface area contributed by atoms with E-state index >= 15 is 0 Å². The van der Waals surface area contributed by atoms with Crippen molar-refractivity contribution >= 4 is 5.91 Å². The molecule has 0 fully saturated rings. The summed E-state index contributed by atoms with van der Waals surface area (Å²) >= 11 is 0. The Morgan fingerprint density at radius 2 is 1.32 bits per heavy atom. The van der Waals surface area contributed by atoms with Gasteiger partial charge in [-0.25, -0.2) is 0 Å². The van der Waals surface area contributed by atoms with Gasteiger partial charge in [0.15, 0.2) is 0 Å². The average molecular weight is 504 g/mol. The highest BCUT2D eigenvalue weighted by molar-refractivity contribution is 5.76. The van der Waals surface area contributed by atoms with Crippen LogP contribution < -0.4 is 0 Å². The van der Waals surface area contributed by atoms with Crippen molar-refractivity contribution in [2.45, 2.75) is 46.5 Å². The molecule has 0 aliphatic heterocycles. The van der Waals surface area contributed by atoms with Crippen molar-refractivity contribution in [1.29, 1.82) is 0 Å². The highest BCUT2D eigenvalue weighted by Gasteiger charge is 2.11. The third kappa shape index (κ3) is 11.1. The largest absolute Gasteiger partial charge is 0.508 e. The number of aryl methyl sites for hydroxylation is 3. The van der Waals surface area contributed by atoms with Gasteiger partial charge in [-0.3, -0.25) is 4.79 Å². The summed E-state index contributed by atoms with van der Waals surface area (Å²) in [6, 6.07) is 20.2. The Hall–Kier alpha value is -3.99. The summed E-state index contributed by atoms with van der Waals surface area (Å²) in [7, 11) is 0. The number of nitrogens with zero attached hydrogens (tertiary/aromatic N) is 1. The van der Waals surface area contributed by atoms with Crippen molar-refractivity contribution in [3.63, 3.8) is 0 Å². The highest BCUT2D eigenvalue weighted by Crippen LogP contribution is 2.23. The number of aromatic hydroxyl groups is 3. The summed E-state index contributed by atoms with van der Waals surface area (Å²) in [4.78, 5) is 13.6. The molecule has 0 atom stereocenters. The first-order chi connectivity index (χ1) is 17.6. The monoisotopic (exact) mass is 503 g/mol. The van der Waals surface area contributed by atoms with E-state index in [0.29, 0.717) is 43.3 Å². The number of para-hydroxylation sites is 3. The quantitative estimate of drug-likeness (QED) is 0.288. The number of hydrogen-bond acceptors (Lipinski definition) is 4. The third-order valence-corrected chi connectivity index (χ3v) is 5.65. The van der Waals surface area contributed by atoms with E-state index in [2.05, 4.69) is 27.0 Å². The Bertz CT molecular complexity index is 1110. The number of hydrogen-bond donors (Lipinski definition) is 3. The van der Waals surface area contributed by atoms with Gasteiger partial charge in [-0.15, -0.1) is 13.2 Å². The van der Waals surface area contributed by atoms with Crippen molar-refractivity contribution in [1.82, 2.24) is 4.90 Å². The molecule has 0 spiro atoms. The van der Waals surface area contributed by atoms with E-state index in [1.54, 1.807) is 35.3 Å². The predicted molar refractivity (Wildman–Crippen MR) is 153 cm³/mol. The number of rotatable bonds is 8. The van der Waals surface area contributed by atoms with E-state index in [0.717, 1.165) is 22.3 Å². The first-order valence-electron chi connectivity index (χ1n) is 12.4. The van der Waals surface area contributed by atoms with Crippen molar-refractivity contribution in [3.05, 3.63) is 114 Å². The topological polar surface area (TPSA) is 81.0 Å². The van der Waals surface area contributed by atoms with Gasteiger partial charge in [-0.1, -0.05) is 80.6 Å². The number of phenols is 3. The molecule has 3 aromatic rings. The van der Waals surface area contributed by atoms with Gasteiger partial charge in [0, 0.05) is 19.5 Å². The molecule has 198 valence electrons. The van der Waals surface area contributed by atoms with E-state index in [9.17, 15) is 20.1 Å². The van der Waals surface area contributed by atoms with Crippen LogP contribution in [-0.4, -0.2) is 39.2 Å². The average Bonchev–Trinajstić information content (AvgIpc) is 2.87. The number of carbonyl (C=O) groups excluding carboxylic acids is 1. The minimum Gasteiger partial charge on any atom is -0.508 e. The number of phenolic OH excluding ortho intramolecular Hbond substituents is 3. The van der Waals surface area contributed by atoms with Crippen LogP contribution in [0, 0.1) is 13.8 Å². The highest BCUT2D eigenvalue weighted by atomic mass is 16.3. The van der Waals surface area contributed by atoms with Crippen LogP contribution in [0.4, 0.5) is 0 Å². The molecule has 0 aliphatic carbocycles. The zero-order valence-electron chi connectivity index (χ0n) is 22.5. The zero-order chi connectivity index (χ0) is 27.8. The van der Waals surface area contributed by atoms with Crippen LogP contribution in [0.1, 0.15) is 48.4 Å². The van der Waals surface area contributed by atoms with Gasteiger partial charge in [0.2, 0.25) is 5.91 Å². The molecule has 0 radical (unpaired) electrons. The summed E-state index contributed by atoms with van der Waals surface area (Å²) in [5.74, 6) is 1.50. The third-order valence-electron chi connectivity index (χ3n) is 5.65. The molecule has 3 N–H and O–H groups in total. The lowest BCUT2D eigenvalue weighted by Crippen LogP contribution is -2.31. The second-order valence-electron chi connectivity index (χ2n) is 8.96. The summed E-state index contributed by atoms with van der Waals surface area (Å²) in [5, 5.41) is 28.1. The van der Waals surface area contributed by atoms with E-state index < -0.39 is 0 Å². The van der Waals surface area contributed by atoms with Crippen LogP contribution >= 0.6 is 0 Å². The molecular weight excluding hydrogens is 462 g/mol. The number of benzene rings is 3. The second kappa shape index (κ2) is 16.6. The van der Waals surface area contributed by atoms with E-state index in [4.69, 9.17) is 0 Å². The second-order valence-corrected chi connectivity index (χ2v) is 8.96. The smallest absolute Gasteiger partial charge is 0.223 e. The SMILES string of the molecule is C=CCN(CC=C)C(=O)CCc1ccccc1O.CC(C)c1ccccc1O.Cc1cccc(C)c1O. The number of carbonyl (C=O) groups is 1. The van der Waals surface area contributed by atoms with Crippen molar-refractivity contribution in [2.24, 2.45) is 0 Å². The van der Waals surface area contributed by atoms with Gasteiger partial charge in [0.05, 0.1) is 0 Å². The number of amides is 1. The van der Waals surface area contributed by atoms with Gasteiger partial charge in [-0.2, -0.15) is 0 Å². The standard InChI is InChI=1S/C15H19NO2.C9H12O.C8H10O/c1-3-11-16(12-4-2)15(18)10-9-13-7-5-6-8-14(13)17;1-7(2)8-5-3-4-6-9(8)10;1-6-4-3-5-7(2)8(6)9/h3-8,17H,1-2,9-12H2;3-7,10H,1-2H3;3-5,9H,1-2H3. The Balaban J connectivity index is 0.000000303. The lowest BCUT2D eigenvalue weighted by molar-refractivity contribution is -0.130. The molecule has 0 saturated heterocycles. The fraction of sp³-hybridized carbons (Fsp3) is 0.281. The molecule has 0 unspecified atom stereocenters. The molecular formula is C32H41NO4. The van der Waals surface area contributed by atoms with Crippen LogP contribution in [0.2, 0.25) is 0 Å². The molecule has 0 aliphatic rings. The maximum absolute atomic E-state index is 12.0. The molecule has 0 bridgehead atoms. The van der Waals surface area contributed by atoms with Crippen LogP contribution in [0.25, 0.3) is 0 Å². The fourth-order valence-electron chi connectivity index (χ4n) is 3.49. The molecule has 5 nitrogen and oxygen atoms in total. The summed E-state index contributed by atoms with van der Waals surface area (Å²) in [6.45, 7) is 16.2. The first kappa shape index (κ1) is 31.0. The fourth-order valence-corrected chi connectivity index (χ4v) is 3.49. The van der Waals surface area contributed by atoms with E-state index in [1.807, 2.05) is 62.4 Å². The van der Waals surface area contributed by atoms with Gasteiger partial charge in [0.25, 0.3) is 0 Å². The predicted octanol–water partition coefficient (Wildman–Crippen LogP) is 7.05. The van der Waals surface area contributed by atoms with Crippen molar-refractivity contribution in [3.8, 4) is 17.2 Å². The Morgan fingerprint density at radius 1 is 0.811 bits per heavy atom. The Kier molecular flexibility index (Phi) is 14.0. The summed E-state index contributed by atoms with van der Waals surface area (Å²) in [6.07, 6.45) is 4.30. The molecule has 3 aromatic carbocycles. The molecule has 0 heterocycles. The maximum Gasteiger partial charge on any atom is 0.223 e. The minimum atomic E-state index is 0.0399. The van der Waals surface area contributed by atoms with Crippen molar-refractivity contribution in [2.75, 3.05) is 13.1 Å². The Morgan fingerprint density at radius 3 is 1.76 bits per heavy atom. The lowest BCUT2D eigenvalue weighted by atomic mass is 10.0. The molecule has 5 heteroatoms. The molecule has 0 aromatic heterocycles. The molecule has 37 heavy (non-hydrogen) atoms. The molecule has 0 saturated carbocycles. The van der Waals surface area contributed by atoms with Crippen LogP contribution in [0.5, 0.6) is 17.2 Å². The zero-order valence-corrected chi connectivity index (χ0v) is 22.5. The van der Waals surface area contributed by atoms with Gasteiger partial charge >= 0.3 is 0 Å². The normalized spacial score (nSPS) is 9.86. The van der Waals surface area contributed by atoms with Gasteiger partial charge < -0.3 is 20.2 Å². The van der Waals surface area contributed by atoms with Crippen LogP contribution in [0.15, 0.2) is 92.0 Å². The van der Waals surface area contributed by atoms with Gasteiger partial charge in [-0.05, 0) is 60.6 Å². The minimum absolute atomic E-state index is 0.0399. The maximum atomic E-state index is 12.0.